The van der Waals surface area contributed by atoms with E-state index in [0.29, 0.717) is 12.6 Å². The number of likely N-dealkylation sites (N-methyl/N-ethyl adjacent to an activating group) is 1. The smallest absolute Gasteiger partial charge is 0.242 e. The van der Waals surface area contributed by atoms with E-state index in [1.807, 2.05) is 11.9 Å². The van der Waals surface area contributed by atoms with Gasteiger partial charge in [-0.25, -0.2) is 0 Å². The van der Waals surface area contributed by atoms with Crippen LogP contribution < -0.4 is 10.2 Å². The third-order valence-corrected chi connectivity index (χ3v) is 4.49. The monoisotopic (exact) mass is 345 g/mol. The summed E-state index contributed by atoms with van der Waals surface area (Å²) in [6, 6.07) is 8.88. The van der Waals surface area contributed by atoms with E-state index in [0.717, 1.165) is 32.5 Å². The molecule has 0 aliphatic carbocycles. The van der Waals surface area contributed by atoms with Crippen LogP contribution in [0.25, 0.3) is 0 Å². The van der Waals surface area contributed by atoms with Crippen LogP contribution in [0.5, 0.6) is 0 Å². The number of nitrogens with one attached hydrogen (secondary N) is 1. The fraction of sp³-hybridized carbons (Fsp3) is 0.562. The largest absolute Gasteiger partial charge is 0.362 e. The minimum Gasteiger partial charge on any atom is -0.362 e. The van der Waals surface area contributed by atoms with Gasteiger partial charge in [0.05, 0.1) is 6.54 Å². The molecule has 0 spiro atoms. The predicted octanol–water partition coefficient (Wildman–Crippen LogP) is 2.10. The highest BCUT2D eigenvalue weighted by molar-refractivity contribution is 5.85. The van der Waals surface area contributed by atoms with Gasteiger partial charge in [0, 0.05) is 31.4 Å². The Balaban J connectivity index is 0.00000121. The Hall–Kier alpha value is -0.970. The van der Waals surface area contributed by atoms with Crippen molar-refractivity contribution in [3.8, 4) is 0 Å². The molecular formula is C16H25Cl2N3O. The topological polar surface area (TPSA) is 35.6 Å². The molecule has 1 aromatic carbocycles. The molecule has 1 amide bonds. The number of halogens is 2. The molecule has 0 bridgehead atoms. The number of anilines is 1. The summed E-state index contributed by atoms with van der Waals surface area (Å²) >= 11 is 0. The lowest BCUT2D eigenvalue weighted by atomic mass is 10.1. The Labute approximate surface area is 145 Å². The molecule has 4 nitrogen and oxygen atoms in total. The van der Waals surface area contributed by atoms with Crippen molar-refractivity contribution in [2.24, 2.45) is 0 Å². The summed E-state index contributed by atoms with van der Waals surface area (Å²) < 4.78 is 0. The third-order valence-electron chi connectivity index (χ3n) is 4.49. The Bertz CT molecular complexity index is 498. The van der Waals surface area contributed by atoms with Crippen LogP contribution in [0.4, 0.5) is 5.69 Å². The number of amides is 1. The number of nitrogens with zero attached hydrogens (tertiary/aromatic N) is 2. The van der Waals surface area contributed by atoms with Gasteiger partial charge in [0.1, 0.15) is 0 Å². The number of fused-ring (bicyclic) bond motifs is 1. The van der Waals surface area contributed by atoms with Gasteiger partial charge >= 0.3 is 0 Å². The first-order chi connectivity index (χ1) is 9.78. The predicted molar refractivity (Wildman–Crippen MR) is 95.5 cm³/mol. The summed E-state index contributed by atoms with van der Waals surface area (Å²) in [5, 5.41) is 3.29. The van der Waals surface area contributed by atoms with Gasteiger partial charge in [-0.2, -0.15) is 0 Å². The van der Waals surface area contributed by atoms with Gasteiger partial charge < -0.3 is 15.1 Å². The Morgan fingerprint density at radius 2 is 2.05 bits per heavy atom. The molecule has 2 heterocycles. The second kappa shape index (κ2) is 8.61. The lowest BCUT2D eigenvalue weighted by Crippen LogP contribution is -2.49. The number of likely N-dealkylation sites (tertiary alicyclic amines) is 1. The van der Waals surface area contributed by atoms with Gasteiger partial charge in [-0.05, 0) is 37.9 Å². The second-order valence-electron chi connectivity index (χ2n) is 5.77. The molecular weight excluding hydrogens is 321 g/mol. The van der Waals surface area contributed by atoms with Crippen LogP contribution >= 0.6 is 24.8 Å². The molecule has 1 N–H and O–H groups in total. The van der Waals surface area contributed by atoms with E-state index in [1.165, 1.54) is 17.7 Å². The van der Waals surface area contributed by atoms with Crippen LogP contribution in [0.2, 0.25) is 0 Å². The van der Waals surface area contributed by atoms with Crippen LogP contribution in [-0.2, 0) is 11.2 Å². The summed E-state index contributed by atoms with van der Waals surface area (Å²) in [4.78, 5) is 16.7. The molecule has 1 saturated heterocycles. The molecule has 22 heavy (non-hydrogen) atoms. The highest BCUT2D eigenvalue weighted by Crippen LogP contribution is 2.27. The summed E-state index contributed by atoms with van der Waals surface area (Å²) in [7, 11) is 1.98. The maximum Gasteiger partial charge on any atom is 0.242 e. The average molecular weight is 346 g/mol. The second-order valence-corrected chi connectivity index (χ2v) is 5.77. The number of hydrogen-bond donors (Lipinski definition) is 1. The van der Waals surface area contributed by atoms with Crippen LogP contribution in [-0.4, -0.2) is 50.1 Å². The van der Waals surface area contributed by atoms with Gasteiger partial charge in [0.15, 0.2) is 0 Å². The number of piperidine rings is 1. The zero-order valence-corrected chi connectivity index (χ0v) is 14.6. The molecule has 1 aromatic rings. The van der Waals surface area contributed by atoms with Crippen molar-refractivity contribution < 1.29 is 4.79 Å². The SMILES string of the molecule is CNC1CCCN(C(=O)CN2CCc3ccccc32)C1.Cl.Cl. The number of para-hydroxylation sites is 1. The van der Waals surface area contributed by atoms with Crippen molar-refractivity contribution in [3.05, 3.63) is 29.8 Å². The quantitative estimate of drug-likeness (QED) is 0.911. The standard InChI is InChI=1S/C16H23N3O.2ClH/c1-17-14-6-4-9-19(11-14)16(20)12-18-10-8-13-5-2-3-7-15(13)18;;/h2-3,5,7,14,17H,4,6,8-12H2,1H3;2*1H. The molecule has 0 aromatic heterocycles. The normalized spacial score (nSPS) is 20.0. The summed E-state index contributed by atoms with van der Waals surface area (Å²) in [6.07, 6.45) is 3.34. The first-order valence-corrected chi connectivity index (χ1v) is 7.56. The van der Waals surface area contributed by atoms with Crippen molar-refractivity contribution in [1.29, 1.82) is 0 Å². The van der Waals surface area contributed by atoms with E-state index in [9.17, 15) is 4.79 Å². The van der Waals surface area contributed by atoms with Crippen LogP contribution in [0.3, 0.4) is 0 Å². The lowest BCUT2D eigenvalue weighted by Gasteiger charge is -2.34. The average Bonchev–Trinajstić information content (AvgIpc) is 2.90. The van der Waals surface area contributed by atoms with Crippen molar-refractivity contribution in [1.82, 2.24) is 10.2 Å². The molecule has 3 rings (SSSR count). The van der Waals surface area contributed by atoms with Gasteiger partial charge in [-0.3, -0.25) is 4.79 Å². The summed E-state index contributed by atoms with van der Waals surface area (Å²) in [5.74, 6) is 0.265. The van der Waals surface area contributed by atoms with Crippen LogP contribution in [0, 0.1) is 0 Å². The van der Waals surface area contributed by atoms with E-state index in [1.54, 1.807) is 0 Å². The maximum atomic E-state index is 12.5. The molecule has 1 unspecified atom stereocenters. The first-order valence-electron chi connectivity index (χ1n) is 7.56. The Morgan fingerprint density at radius 3 is 2.82 bits per heavy atom. The van der Waals surface area contributed by atoms with Crippen molar-refractivity contribution in [2.75, 3.05) is 38.1 Å². The number of benzene rings is 1. The molecule has 1 atom stereocenters. The number of hydrogen-bond acceptors (Lipinski definition) is 3. The van der Waals surface area contributed by atoms with Crippen molar-refractivity contribution >= 4 is 36.4 Å². The fourth-order valence-electron chi connectivity index (χ4n) is 3.27. The van der Waals surface area contributed by atoms with Gasteiger partial charge in [-0.15, -0.1) is 24.8 Å². The van der Waals surface area contributed by atoms with Crippen LogP contribution in [0.15, 0.2) is 24.3 Å². The zero-order valence-electron chi connectivity index (χ0n) is 13.0. The van der Waals surface area contributed by atoms with Crippen molar-refractivity contribution in [3.63, 3.8) is 0 Å². The lowest BCUT2D eigenvalue weighted by molar-refractivity contribution is -0.131. The van der Waals surface area contributed by atoms with E-state index >= 15 is 0 Å². The van der Waals surface area contributed by atoms with Gasteiger partial charge in [-0.1, -0.05) is 18.2 Å². The minimum atomic E-state index is 0. The van der Waals surface area contributed by atoms with E-state index in [2.05, 4.69) is 34.5 Å². The van der Waals surface area contributed by atoms with Crippen LogP contribution in [0.1, 0.15) is 18.4 Å². The highest BCUT2D eigenvalue weighted by Gasteiger charge is 2.26. The van der Waals surface area contributed by atoms with E-state index in [4.69, 9.17) is 0 Å². The molecule has 0 saturated carbocycles. The number of carbonyl (C=O) groups excluding carboxylic acids is 1. The van der Waals surface area contributed by atoms with Gasteiger partial charge in [0.25, 0.3) is 0 Å². The minimum absolute atomic E-state index is 0. The molecule has 1 fully saturated rings. The number of rotatable bonds is 3. The zero-order chi connectivity index (χ0) is 13.9. The third kappa shape index (κ3) is 4.06. The first kappa shape index (κ1) is 19.1. The van der Waals surface area contributed by atoms with Gasteiger partial charge in [0.2, 0.25) is 5.91 Å². The molecule has 124 valence electrons. The highest BCUT2D eigenvalue weighted by atomic mass is 35.5. The Kier molecular flexibility index (Phi) is 7.46. The van der Waals surface area contributed by atoms with Crippen molar-refractivity contribution in [2.45, 2.75) is 25.3 Å². The maximum absolute atomic E-state index is 12.5. The summed E-state index contributed by atoms with van der Waals surface area (Å²) in [5.41, 5.74) is 2.61. The van der Waals surface area contributed by atoms with E-state index in [-0.39, 0.29) is 30.7 Å². The van der Waals surface area contributed by atoms with E-state index < -0.39 is 0 Å². The summed E-state index contributed by atoms with van der Waals surface area (Å²) in [6.45, 7) is 3.25. The molecule has 2 aliphatic rings. The fourth-order valence-corrected chi connectivity index (χ4v) is 3.27. The number of carbonyl (C=O) groups is 1. The molecule has 6 heteroatoms. The molecule has 2 aliphatic heterocycles. The molecule has 0 radical (unpaired) electrons. The Morgan fingerprint density at radius 1 is 1.27 bits per heavy atom.